The van der Waals surface area contributed by atoms with E-state index < -0.39 is 6.10 Å². The molecule has 3 rings (SSSR count). The van der Waals surface area contributed by atoms with Gasteiger partial charge in [0.1, 0.15) is 6.10 Å². The lowest BCUT2D eigenvalue weighted by Crippen LogP contribution is -2.00. The van der Waals surface area contributed by atoms with E-state index >= 15 is 0 Å². The van der Waals surface area contributed by atoms with Crippen molar-refractivity contribution in [1.82, 2.24) is 0 Å². The Hall–Kier alpha value is -1.16. The van der Waals surface area contributed by atoms with Crippen molar-refractivity contribution in [3.63, 3.8) is 0 Å². The van der Waals surface area contributed by atoms with Gasteiger partial charge in [-0.1, -0.05) is 40.2 Å². The fraction of sp³-hybridized carbons (Fsp3) is 0.176. The molecule has 0 spiro atoms. The standard InChI is InChI=1S/C17H15BrOS/c1-10-7-11(2)14(18)9-13(10)17(19)16-8-12-5-3-4-6-15(12)20-16/h3-9,17,19H,1-2H3. The molecule has 1 aromatic heterocycles. The highest BCUT2D eigenvalue weighted by Gasteiger charge is 2.16. The summed E-state index contributed by atoms with van der Waals surface area (Å²) < 4.78 is 2.25. The van der Waals surface area contributed by atoms with Crippen LogP contribution in [-0.4, -0.2) is 5.11 Å². The number of aliphatic hydroxyl groups is 1. The largest absolute Gasteiger partial charge is 0.383 e. The van der Waals surface area contributed by atoms with Crippen molar-refractivity contribution in [3.8, 4) is 0 Å². The minimum Gasteiger partial charge on any atom is -0.383 e. The summed E-state index contributed by atoms with van der Waals surface area (Å²) >= 11 is 5.20. The molecule has 0 saturated carbocycles. The molecule has 0 aliphatic rings. The first-order chi connectivity index (χ1) is 9.56. The van der Waals surface area contributed by atoms with Crippen LogP contribution in [-0.2, 0) is 0 Å². The zero-order chi connectivity index (χ0) is 14.3. The maximum Gasteiger partial charge on any atom is 0.114 e. The summed E-state index contributed by atoms with van der Waals surface area (Å²) in [5, 5.41) is 11.9. The van der Waals surface area contributed by atoms with Crippen molar-refractivity contribution in [2.24, 2.45) is 0 Å². The summed E-state index contributed by atoms with van der Waals surface area (Å²) in [7, 11) is 0. The summed E-state index contributed by atoms with van der Waals surface area (Å²) in [4.78, 5) is 0.991. The fourth-order valence-corrected chi connectivity index (χ4v) is 3.86. The van der Waals surface area contributed by atoms with Gasteiger partial charge in [-0.3, -0.25) is 0 Å². The highest BCUT2D eigenvalue weighted by Crippen LogP contribution is 2.35. The average Bonchev–Trinajstić information content (AvgIpc) is 2.86. The third-order valence-electron chi connectivity index (χ3n) is 3.56. The molecular formula is C17H15BrOS. The van der Waals surface area contributed by atoms with Gasteiger partial charge in [-0.05, 0) is 54.1 Å². The zero-order valence-corrected chi connectivity index (χ0v) is 13.8. The molecule has 20 heavy (non-hydrogen) atoms. The molecule has 3 aromatic rings. The van der Waals surface area contributed by atoms with Crippen LogP contribution in [0, 0.1) is 13.8 Å². The molecule has 3 heteroatoms. The summed E-state index contributed by atoms with van der Waals surface area (Å²) in [5.74, 6) is 0. The van der Waals surface area contributed by atoms with Crippen molar-refractivity contribution < 1.29 is 5.11 Å². The molecule has 1 nitrogen and oxygen atoms in total. The number of hydrogen-bond donors (Lipinski definition) is 1. The van der Waals surface area contributed by atoms with Crippen LogP contribution in [0.4, 0.5) is 0 Å². The van der Waals surface area contributed by atoms with Crippen LogP contribution in [0.5, 0.6) is 0 Å². The average molecular weight is 347 g/mol. The molecule has 1 heterocycles. The van der Waals surface area contributed by atoms with Crippen molar-refractivity contribution in [3.05, 3.63) is 68.5 Å². The summed E-state index contributed by atoms with van der Waals surface area (Å²) in [6, 6.07) is 14.4. The van der Waals surface area contributed by atoms with Gasteiger partial charge in [0, 0.05) is 14.0 Å². The maximum absolute atomic E-state index is 10.7. The van der Waals surface area contributed by atoms with Crippen molar-refractivity contribution in [1.29, 1.82) is 0 Å². The minimum atomic E-state index is -0.565. The second-order valence-electron chi connectivity index (χ2n) is 5.05. The van der Waals surface area contributed by atoms with Crippen molar-refractivity contribution in [2.45, 2.75) is 20.0 Å². The Morgan fingerprint density at radius 1 is 1.05 bits per heavy atom. The van der Waals surface area contributed by atoms with Gasteiger partial charge in [0.2, 0.25) is 0 Å². The van der Waals surface area contributed by atoms with Crippen LogP contribution in [0.1, 0.15) is 27.7 Å². The second kappa shape index (κ2) is 5.32. The molecule has 1 unspecified atom stereocenters. The second-order valence-corrected chi connectivity index (χ2v) is 7.02. The Kier molecular flexibility index (Phi) is 3.67. The van der Waals surface area contributed by atoms with E-state index in [4.69, 9.17) is 0 Å². The molecule has 0 saturated heterocycles. The lowest BCUT2D eigenvalue weighted by Gasteiger charge is -2.14. The van der Waals surface area contributed by atoms with Gasteiger partial charge < -0.3 is 5.11 Å². The van der Waals surface area contributed by atoms with E-state index in [0.29, 0.717) is 0 Å². The Bertz CT molecular complexity index is 743. The Labute approximate surface area is 131 Å². The number of thiophene rings is 1. The van der Waals surface area contributed by atoms with Crippen LogP contribution in [0.3, 0.4) is 0 Å². The number of halogens is 1. The maximum atomic E-state index is 10.7. The predicted molar refractivity (Wildman–Crippen MR) is 89.5 cm³/mol. The predicted octanol–water partition coefficient (Wildman–Crippen LogP) is 5.36. The van der Waals surface area contributed by atoms with E-state index in [1.54, 1.807) is 11.3 Å². The van der Waals surface area contributed by atoms with Crippen molar-refractivity contribution >= 4 is 37.4 Å². The smallest absolute Gasteiger partial charge is 0.114 e. The Balaban J connectivity index is 2.07. The Morgan fingerprint density at radius 2 is 1.80 bits per heavy atom. The number of benzene rings is 2. The molecule has 0 radical (unpaired) electrons. The van der Waals surface area contributed by atoms with E-state index in [1.165, 1.54) is 15.6 Å². The van der Waals surface area contributed by atoms with E-state index in [-0.39, 0.29) is 0 Å². The van der Waals surface area contributed by atoms with Gasteiger partial charge in [0.25, 0.3) is 0 Å². The van der Waals surface area contributed by atoms with Crippen LogP contribution < -0.4 is 0 Å². The van der Waals surface area contributed by atoms with Gasteiger partial charge in [-0.15, -0.1) is 11.3 Å². The van der Waals surface area contributed by atoms with Gasteiger partial charge in [0.15, 0.2) is 0 Å². The third-order valence-corrected chi connectivity index (χ3v) is 5.58. The third kappa shape index (κ3) is 2.41. The summed E-state index contributed by atoms with van der Waals surface area (Å²) in [6.07, 6.45) is -0.565. The SMILES string of the molecule is Cc1cc(C)c(C(O)c2cc3ccccc3s2)cc1Br. The molecule has 0 bridgehead atoms. The van der Waals surface area contributed by atoms with Crippen LogP contribution >= 0.6 is 27.3 Å². The van der Waals surface area contributed by atoms with Crippen LogP contribution in [0.25, 0.3) is 10.1 Å². The first-order valence-corrected chi connectivity index (χ1v) is 8.10. The van der Waals surface area contributed by atoms with Crippen LogP contribution in [0.2, 0.25) is 0 Å². The quantitative estimate of drug-likeness (QED) is 0.661. The van der Waals surface area contributed by atoms with Gasteiger partial charge in [-0.25, -0.2) is 0 Å². The van der Waals surface area contributed by atoms with E-state index in [9.17, 15) is 5.11 Å². The molecule has 0 amide bonds. The number of aliphatic hydroxyl groups excluding tert-OH is 1. The summed E-state index contributed by atoms with van der Waals surface area (Å²) in [6.45, 7) is 4.11. The number of aryl methyl sites for hydroxylation is 2. The van der Waals surface area contributed by atoms with Gasteiger partial charge >= 0.3 is 0 Å². The first-order valence-electron chi connectivity index (χ1n) is 6.49. The lowest BCUT2D eigenvalue weighted by molar-refractivity contribution is 0.223. The summed E-state index contributed by atoms with van der Waals surface area (Å²) in [5.41, 5.74) is 3.28. The fourth-order valence-electron chi connectivity index (χ4n) is 2.43. The molecule has 0 aliphatic heterocycles. The Morgan fingerprint density at radius 3 is 2.55 bits per heavy atom. The molecule has 102 valence electrons. The number of hydrogen-bond acceptors (Lipinski definition) is 2. The highest BCUT2D eigenvalue weighted by atomic mass is 79.9. The monoisotopic (exact) mass is 346 g/mol. The van der Waals surface area contributed by atoms with E-state index in [1.807, 2.05) is 25.1 Å². The minimum absolute atomic E-state index is 0.565. The molecule has 2 aromatic carbocycles. The molecule has 0 fully saturated rings. The number of fused-ring (bicyclic) bond motifs is 1. The number of rotatable bonds is 2. The first kappa shape index (κ1) is 13.8. The molecule has 1 N–H and O–H groups in total. The molecular weight excluding hydrogens is 332 g/mol. The van der Waals surface area contributed by atoms with Gasteiger partial charge in [0.05, 0.1) is 0 Å². The van der Waals surface area contributed by atoms with Gasteiger partial charge in [-0.2, -0.15) is 0 Å². The van der Waals surface area contributed by atoms with E-state index in [2.05, 4.69) is 47.1 Å². The highest BCUT2D eigenvalue weighted by molar-refractivity contribution is 9.10. The van der Waals surface area contributed by atoms with Crippen molar-refractivity contribution in [2.75, 3.05) is 0 Å². The normalized spacial score (nSPS) is 12.8. The van der Waals surface area contributed by atoms with E-state index in [0.717, 1.165) is 20.5 Å². The zero-order valence-electron chi connectivity index (χ0n) is 11.4. The molecule has 1 atom stereocenters. The topological polar surface area (TPSA) is 20.2 Å². The van der Waals surface area contributed by atoms with Crippen LogP contribution in [0.15, 0.2) is 46.9 Å². The lowest BCUT2D eigenvalue weighted by atomic mass is 10.00. The molecule has 0 aliphatic carbocycles.